The molecular weight excluding hydrogens is 445 g/mol. The van der Waals surface area contributed by atoms with Gasteiger partial charge in [-0.05, 0) is 29.8 Å². The molecule has 1 amide bonds. The third-order valence-corrected chi connectivity index (χ3v) is 5.88. The van der Waals surface area contributed by atoms with Crippen molar-refractivity contribution in [3.8, 4) is 17.2 Å². The number of aldehydes is 1. The molecule has 1 fully saturated rings. The maximum atomic E-state index is 13.6. The zero-order chi connectivity index (χ0) is 22.5. The van der Waals surface area contributed by atoms with Crippen molar-refractivity contribution in [2.75, 3.05) is 34.5 Å². The first-order chi connectivity index (χ1) is 14.9. The third kappa shape index (κ3) is 4.74. The summed E-state index contributed by atoms with van der Waals surface area (Å²) in [5.74, 6) is 0.862. The number of halogens is 2. The molecule has 2 atom stereocenters. The Labute approximate surface area is 190 Å². The monoisotopic (exact) mass is 467 g/mol. The van der Waals surface area contributed by atoms with Crippen LogP contribution >= 0.6 is 23.2 Å². The molecule has 0 N–H and O–H groups in total. The first-order valence-electron chi connectivity index (χ1n) is 9.56. The lowest BCUT2D eigenvalue weighted by Gasteiger charge is -2.41. The molecule has 1 saturated heterocycles. The molecule has 1 aliphatic rings. The van der Waals surface area contributed by atoms with Crippen molar-refractivity contribution >= 4 is 35.4 Å². The van der Waals surface area contributed by atoms with E-state index in [0.29, 0.717) is 46.0 Å². The Hall–Kier alpha value is -2.48. The number of morpholine rings is 1. The average Bonchev–Trinajstić information content (AvgIpc) is 2.79. The van der Waals surface area contributed by atoms with E-state index in [9.17, 15) is 9.59 Å². The molecule has 0 aliphatic carbocycles. The van der Waals surface area contributed by atoms with Gasteiger partial charge in [0, 0.05) is 18.5 Å². The summed E-state index contributed by atoms with van der Waals surface area (Å²) in [5, 5.41) is 0.756. The smallest absolute Gasteiger partial charge is 0.254 e. The summed E-state index contributed by atoms with van der Waals surface area (Å²) in [6.07, 6.45) is 0.390. The highest BCUT2D eigenvalue weighted by atomic mass is 35.5. The highest BCUT2D eigenvalue weighted by Crippen LogP contribution is 2.40. The number of hydrogen-bond donors (Lipinski definition) is 0. The molecule has 0 aromatic heterocycles. The summed E-state index contributed by atoms with van der Waals surface area (Å²) in [6.45, 7) is 0.627. The van der Waals surface area contributed by atoms with Gasteiger partial charge in [-0.2, -0.15) is 0 Å². The van der Waals surface area contributed by atoms with Crippen molar-refractivity contribution in [1.29, 1.82) is 0 Å². The predicted octanol–water partition coefficient (Wildman–Crippen LogP) is 4.19. The lowest BCUT2D eigenvalue weighted by atomic mass is 9.95. The van der Waals surface area contributed by atoms with E-state index >= 15 is 0 Å². The molecule has 1 unspecified atom stereocenters. The lowest BCUT2D eigenvalue weighted by Crippen LogP contribution is -2.48. The number of nitrogens with zero attached hydrogens (tertiary/aromatic N) is 1. The minimum Gasteiger partial charge on any atom is -0.493 e. The van der Waals surface area contributed by atoms with Crippen LogP contribution in [0.1, 0.15) is 28.4 Å². The van der Waals surface area contributed by atoms with E-state index in [2.05, 4.69) is 0 Å². The highest BCUT2D eigenvalue weighted by molar-refractivity contribution is 6.42. The Morgan fingerprint density at radius 2 is 1.77 bits per heavy atom. The second kappa shape index (κ2) is 10.2. The third-order valence-electron chi connectivity index (χ3n) is 5.14. The normalized spacial score (nSPS) is 18.4. The van der Waals surface area contributed by atoms with Crippen LogP contribution in [0.5, 0.6) is 17.2 Å². The van der Waals surface area contributed by atoms with Crippen LogP contribution in [-0.2, 0) is 9.53 Å². The number of amides is 1. The molecule has 1 heterocycles. The van der Waals surface area contributed by atoms with Crippen molar-refractivity contribution in [3.63, 3.8) is 0 Å². The molecule has 166 valence electrons. The summed E-state index contributed by atoms with van der Waals surface area (Å²) in [6, 6.07) is 7.80. The average molecular weight is 468 g/mol. The van der Waals surface area contributed by atoms with Crippen LogP contribution < -0.4 is 14.2 Å². The van der Waals surface area contributed by atoms with Gasteiger partial charge in [-0.1, -0.05) is 29.3 Å². The number of hydrogen-bond acceptors (Lipinski definition) is 6. The van der Waals surface area contributed by atoms with Gasteiger partial charge in [-0.3, -0.25) is 4.79 Å². The second-order valence-corrected chi connectivity index (χ2v) is 7.66. The number of methoxy groups -OCH3 is 3. The number of carbonyl (C=O) groups excluding carboxylic acids is 2. The van der Waals surface area contributed by atoms with Crippen LogP contribution in [0.4, 0.5) is 0 Å². The fraction of sp³-hybridized carbons (Fsp3) is 0.364. The van der Waals surface area contributed by atoms with Crippen LogP contribution in [0.3, 0.4) is 0 Å². The van der Waals surface area contributed by atoms with Gasteiger partial charge in [0.2, 0.25) is 5.75 Å². The van der Waals surface area contributed by atoms with Gasteiger partial charge in [-0.25, -0.2) is 0 Å². The zero-order valence-electron chi connectivity index (χ0n) is 17.4. The molecule has 1 aliphatic heterocycles. The summed E-state index contributed by atoms with van der Waals surface area (Å²) in [7, 11) is 4.46. The number of carbonyl (C=O) groups is 2. The molecule has 2 aromatic rings. The zero-order valence-corrected chi connectivity index (χ0v) is 18.9. The quantitative estimate of drug-likeness (QED) is 0.568. The Bertz CT molecular complexity index is 942. The molecule has 0 bridgehead atoms. The van der Waals surface area contributed by atoms with E-state index < -0.39 is 12.1 Å². The minimum atomic E-state index is -0.527. The van der Waals surface area contributed by atoms with Crippen LogP contribution in [0.2, 0.25) is 10.0 Å². The fourth-order valence-electron chi connectivity index (χ4n) is 3.71. The van der Waals surface area contributed by atoms with Crippen LogP contribution in [0.15, 0.2) is 30.3 Å². The lowest BCUT2D eigenvalue weighted by molar-refractivity contribution is -0.115. The first-order valence-corrected chi connectivity index (χ1v) is 10.3. The van der Waals surface area contributed by atoms with Crippen LogP contribution in [0.25, 0.3) is 0 Å². The Balaban J connectivity index is 2.06. The van der Waals surface area contributed by atoms with Gasteiger partial charge in [0.15, 0.2) is 11.5 Å². The van der Waals surface area contributed by atoms with E-state index in [1.807, 2.05) is 0 Å². The van der Waals surface area contributed by atoms with Crippen LogP contribution in [-0.4, -0.2) is 57.7 Å². The van der Waals surface area contributed by atoms with E-state index in [4.69, 9.17) is 42.1 Å². The molecule has 0 spiro atoms. The van der Waals surface area contributed by atoms with Crippen LogP contribution in [0, 0.1) is 0 Å². The maximum Gasteiger partial charge on any atom is 0.254 e. The molecular formula is C22H23Cl2NO6. The summed E-state index contributed by atoms with van der Waals surface area (Å²) < 4.78 is 21.9. The van der Waals surface area contributed by atoms with Gasteiger partial charge in [0.25, 0.3) is 5.91 Å². The molecule has 0 radical (unpaired) electrons. The second-order valence-electron chi connectivity index (χ2n) is 6.84. The van der Waals surface area contributed by atoms with Gasteiger partial charge < -0.3 is 28.6 Å². The van der Waals surface area contributed by atoms with E-state index in [0.717, 1.165) is 11.8 Å². The van der Waals surface area contributed by atoms with Crippen molar-refractivity contribution in [3.05, 3.63) is 51.5 Å². The maximum absolute atomic E-state index is 13.6. The fourth-order valence-corrected chi connectivity index (χ4v) is 4.02. The molecule has 31 heavy (non-hydrogen) atoms. The largest absolute Gasteiger partial charge is 0.493 e. The van der Waals surface area contributed by atoms with Crippen molar-refractivity contribution in [1.82, 2.24) is 4.90 Å². The standard InChI is InChI=1S/C22H23Cl2NO6/c1-28-18-11-14(12-19(29-2)21(18)30-3)22(27)25-7-9-31-17(6-8-26)20(25)13-4-5-15(23)16(24)10-13/h4-5,8,10-12,17,20H,6-7,9H2,1-3H3/t17-,20?/m1/s1. The Morgan fingerprint density at radius 3 is 2.32 bits per heavy atom. The van der Waals surface area contributed by atoms with E-state index in [1.54, 1.807) is 35.2 Å². The van der Waals surface area contributed by atoms with Gasteiger partial charge >= 0.3 is 0 Å². The number of rotatable bonds is 7. The molecule has 9 heteroatoms. The van der Waals surface area contributed by atoms with Crippen molar-refractivity contribution < 1.29 is 28.5 Å². The molecule has 3 rings (SSSR count). The first kappa shape index (κ1) is 23.2. The minimum absolute atomic E-state index is 0.129. The topological polar surface area (TPSA) is 74.3 Å². The van der Waals surface area contributed by atoms with E-state index in [-0.39, 0.29) is 12.3 Å². The summed E-state index contributed by atoms with van der Waals surface area (Å²) in [5.41, 5.74) is 1.08. The molecule has 0 saturated carbocycles. The predicted molar refractivity (Wildman–Crippen MR) is 117 cm³/mol. The summed E-state index contributed by atoms with van der Waals surface area (Å²) >= 11 is 12.3. The van der Waals surface area contributed by atoms with Crippen molar-refractivity contribution in [2.45, 2.75) is 18.6 Å². The summed E-state index contributed by atoms with van der Waals surface area (Å²) in [4.78, 5) is 26.5. The SMILES string of the molecule is COc1cc(C(=O)N2CCO[C@H](CC=O)C2c2ccc(Cl)c(Cl)c2)cc(OC)c1OC. The number of ether oxygens (including phenoxy) is 4. The highest BCUT2D eigenvalue weighted by Gasteiger charge is 2.37. The van der Waals surface area contributed by atoms with Gasteiger partial charge in [0.1, 0.15) is 6.29 Å². The Kier molecular flexibility index (Phi) is 7.64. The molecule has 2 aromatic carbocycles. The van der Waals surface area contributed by atoms with Gasteiger partial charge in [-0.15, -0.1) is 0 Å². The van der Waals surface area contributed by atoms with Crippen molar-refractivity contribution in [2.24, 2.45) is 0 Å². The van der Waals surface area contributed by atoms with E-state index in [1.165, 1.54) is 21.3 Å². The number of benzene rings is 2. The Morgan fingerprint density at radius 1 is 1.10 bits per heavy atom. The van der Waals surface area contributed by atoms with Gasteiger partial charge in [0.05, 0.1) is 50.1 Å². The molecule has 7 nitrogen and oxygen atoms in total.